The highest BCUT2D eigenvalue weighted by Crippen LogP contribution is 2.34. The van der Waals surface area contributed by atoms with Crippen molar-refractivity contribution in [1.82, 2.24) is 20.1 Å². The molecule has 226 valence electrons. The minimum absolute atomic E-state index is 0.163. The topological polar surface area (TPSA) is 96.5 Å². The fraction of sp³-hybridized carbons (Fsp3) is 0.323. The molecule has 0 radical (unpaired) electrons. The van der Waals surface area contributed by atoms with Gasteiger partial charge in [0.15, 0.2) is 0 Å². The van der Waals surface area contributed by atoms with Gasteiger partial charge in [-0.3, -0.25) is 9.80 Å². The Labute approximate surface area is 260 Å². The van der Waals surface area contributed by atoms with Crippen molar-refractivity contribution in [2.24, 2.45) is 0 Å². The molecule has 3 amide bonds. The number of rotatable bonds is 8. The Morgan fingerprint density at radius 1 is 1.16 bits per heavy atom. The maximum atomic E-state index is 13.8. The van der Waals surface area contributed by atoms with Crippen LogP contribution in [0.5, 0.6) is 11.5 Å². The molecular weight excluding hydrogens is 590 g/mol. The van der Waals surface area contributed by atoms with Crippen molar-refractivity contribution >= 4 is 40.7 Å². The number of allylic oxidation sites excluding steroid dienone is 2. The molecule has 1 N–H and O–H groups in total. The van der Waals surface area contributed by atoms with E-state index in [4.69, 9.17) is 25.8 Å². The summed E-state index contributed by atoms with van der Waals surface area (Å²) in [6.07, 6.45) is 3.11. The number of nitrogens with zero attached hydrogens (tertiary/aromatic N) is 4. The number of aromatic nitrogens is 1. The molecule has 10 nitrogen and oxygen atoms in total. The summed E-state index contributed by atoms with van der Waals surface area (Å²) >= 11 is 7.81. The molecule has 3 heterocycles. The fourth-order valence-corrected chi connectivity index (χ4v) is 5.64. The number of anilines is 1. The van der Waals surface area contributed by atoms with Crippen LogP contribution >= 0.6 is 22.9 Å². The summed E-state index contributed by atoms with van der Waals surface area (Å²) in [6, 6.07) is 12.1. The number of ether oxygens (including phenoxy) is 3. The Hall–Kier alpha value is -4.22. The number of amides is 3. The molecule has 0 saturated carbocycles. The van der Waals surface area contributed by atoms with E-state index >= 15 is 0 Å². The van der Waals surface area contributed by atoms with Crippen molar-refractivity contribution in [3.63, 3.8) is 0 Å². The van der Waals surface area contributed by atoms with Gasteiger partial charge in [0.25, 0.3) is 0 Å². The van der Waals surface area contributed by atoms with Gasteiger partial charge < -0.3 is 24.4 Å². The summed E-state index contributed by atoms with van der Waals surface area (Å²) in [6.45, 7) is 6.32. The highest BCUT2D eigenvalue weighted by molar-refractivity contribution is 7.07. The molecule has 12 heteroatoms. The molecule has 2 aromatic carbocycles. The van der Waals surface area contributed by atoms with Crippen LogP contribution in [0.1, 0.15) is 32.0 Å². The number of dihydropyridines is 1. The van der Waals surface area contributed by atoms with Crippen LogP contribution in [0, 0.1) is 0 Å². The lowest BCUT2D eigenvalue weighted by atomic mass is 10.0. The van der Waals surface area contributed by atoms with E-state index in [-0.39, 0.29) is 18.6 Å². The number of urea groups is 1. The molecule has 5 rings (SSSR count). The number of hydrogen-bond acceptors (Lipinski definition) is 8. The number of nitrogens with one attached hydrogen (secondary N) is 1. The van der Waals surface area contributed by atoms with Crippen LogP contribution in [0.25, 0.3) is 0 Å². The molecule has 43 heavy (non-hydrogen) atoms. The van der Waals surface area contributed by atoms with Gasteiger partial charge in [-0.05, 0) is 63.3 Å². The lowest BCUT2D eigenvalue weighted by molar-refractivity contribution is 0.0281. The van der Waals surface area contributed by atoms with E-state index in [1.807, 2.05) is 56.5 Å². The van der Waals surface area contributed by atoms with Gasteiger partial charge in [0.05, 0.1) is 55.9 Å². The lowest BCUT2D eigenvalue weighted by Crippen LogP contribution is -2.59. The Morgan fingerprint density at radius 2 is 1.98 bits per heavy atom. The summed E-state index contributed by atoms with van der Waals surface area (Å²) in [7, 11) is 3.16. The second kappa shape index (κ2) is 12.6. The van der Waals surface area contributed by atoms with Crippen molar-refractivity contribution in [3.8, 4) is 11.5 Å². The minimum atomic E-state index is -0.722. The molecular formula is C31H34ClN5O5S. The highest BCUT2D eigenvalue weighted by Gasteiger charge is 2.40. The Bertz CT molecular complexity index is 1550. The number of thiazole rings is 1. The second-order valence-electron chi connectivity index (χ2n) is 11.0. The summed E-state index contributed by atoms with van der Waals surface area (Å²) in [4.78, 5) is 36.8. The van der Waals surface area contributed by atoms with E-state index in [2.05, 4.69) is 10.3 Å². The number of hydrogen-bond donors (Lipinski definition) is 1. The van der Waals surface area contributed by atoms with Crippen molar-refractivity contribution < 1.29 is 23.8 Å². The third-order valence-electron chi connectivity index (χ3n) is 6.84. The molecule has 1 atom stereocenters. The van der Waals surface area contributed by atoms with Crippen LogP contribution in [0.4, 0.5) is 15.3 Å². The molecule has 1 unspecified atom stereocenters. The van der Waals surface area contributed by atoms with Crippen LogP contribution in [0.2, 0.25) is 5.02 Å². The normalized spacial score (nSPS) is 16.5. The Morgan fingerprint density at radius 3 is 2.65 bits per heavy atom. The first-order chi connectivity index (χ1) is 20.6. The third kappa shape index (κ3) is 6.89. The van der Waals surface area contributed by atoms with E-state index in [1.165, 1.54) is 16.2 Å². The van der Waals surface area contributed by atoms with Gasteiger partial charge in [0, 0.05) is 28.6 Å². The van der Waals surface area contributed by atoms with Crippen molar-refractivity contribution in [1.29, 1.82) is 0 Å². The zero-order chi connectivity index (χ0) is 30.7. The first-order valence-electron chi connectivity index (χ1n) is 13.7. The number of halogens is 1. The maximum Gasteiger partial charge on any atom is 0.416 e. The van der Waals surface area contributed by atoms with Gasteiger partial charge in [-0.25, -0.2) is 14.6 Å². The Kier molecular flexibility index (Phi) is 8.84. The number of carbonyl (C=O) groups excluding carboxylic acids is 2. The van der Waals surface area contributed by atoms with Crippen LogP contribution in [-0.2, 0) is 17.8 Å². The number of carbonyl (C=O) groups is 2. The van der Waals surface area contributed by atoms with E-state index in [0.29, 0.717) is 41.1 Å². The first kappa shape index (κ1) is 30.2. The van der Waals surface area contributed by atoms with E-state index < -0.39 is 11.7 Å². The summed E-state index contributed by atoms with van der Waals surface area (Å²) in [5.74, 6) is 1.74. The monoisotopic (exact) mass is 623 g/mol. The van der Waals surface area contributed by atoms with Gasteiger partial charge in [0.2, 0.25) is 0 Å². The summed E-state index contributed by atoms with van der Waals surface area (Å²) in [5, 5.41) is 5.96. The molecule has 3 aromatic rings. The molecule has 0 aliphatic carbocycles. The van der Waals surface area contributed by atoms with Crippen LogP contribution < -0.4 is 19.7 Å². The predicted octanol–water partition coefficient (Wildman–Crippen LogP) is 6.39. The van der Waals surface area contributed by atoms with E-state index in [9.17, 15) is 9.59 Å². The predicted molar refractivity (Wildman–Crippen MR) is 166 cm³/mol. The molecule has 0 spiro atoms. The number of methoxy groups -OCH3 is 2. The zero-order valence-corrected chi connectivity index (χ0v) is 26.2. The fourth-order valence-electron chi connectivity index (χ4n) is 4.90. The largest absolute Gasteiger partial charge is 0.497 e. The molecule has 1 saturated heterocycles. The molecule has 2 aliphatic heterocycles. The third-order valence-corrected chi connectivity index (χ3v) is 7.71. The van der Waals surface area contributed by atoms with Crippen LogP contribution in [0.3, 0.4) is 0 Å². The second-order valence-corrected chi connectivity index (χ2v) is 12.2. The molecule has 1 fully saturated rings. The average Bonchev–Trinajstić information content (AvgIpc) is 3.48. The van der Waals surface area contributed by atoms with Gasteiger partial charge in [0.1, 0.15) is 22.9 Å². The van der Waals surface area contributed by atoms with Crippen molar-refractivity contribution in [2.75, 3.05) is 25.7 Å². The van der Waals surface area contributed by atoms with Gasteiger partial charge in [-0.1, -0.05) is 17.7 Å². The van der Waals surface area contributed by atoms with E-state index in [1.54, 1.807) is 53.8 Å². The number of benzene rings is 2. The smallest absolute Gasteiger partial charge is 0.416 e. The van der Waals surface area contributed by atoms with Crippen molar-refractivity contribution in [2.45, 2.75) is 45.5 Å². The van der Waals surface area contributed by atoms with Crippen LogP contribution in [-0.4, -0.2) is 59.3 Å². The van der Waals surface area contributed by atoms with Crippen LogP contribution in [0.15, 0.2) is 77.0 Å². The summed E-state index contributed by atoms with van der Waals surface area (Å²) < 4.78 is 16.8. The lowest BCUT2D eigenvalue weighted by Gasteiger charge is -2.44. The first-order valence-corrected chi connectivity index (χ1v) is 15.0. The SMILES string of the molecule is COc1ccc(CN(C(=O)OC(C)(C)C)C2=CC=C3C(CN(Cc4cscn4)C(=O)N3c3cccc(Cl)c3)N2)c(OC)c1. The van der Waals surface area contributed by atoms with Gasteiger partial charge in [-0.15, -0.1) is 11.3 Å². The van der Waals surface area contributed by atoms with Crippen molar-refractivity contribution in [3.05, 3.63) is 93.3 Å². The highest BCUT2D eigenvalue weighted by atomic mass is 35.5. The molecule has 1 aromatic heterocycles. The molecule has 0 bridgehead atoms. The average molecular weight is 624 g/mol. The van der Waals surface area contributed by atoms with E-state index in [0.717, 1.165) is 17.0 Å². The Balaban J connectivity index is 1.53. The zero-order valence-electron chi connectivity index (χ0n) is 24.7. The quantitative estimate of drug-likeness (QED) is 0.311. The maximum absolute atomic E-state index is 13.8. The number of fused-ring (bicyclic) bond motifs is 1. The standard InChI is InChI=1S/C31H34ClN5O5S/c1-31(2,3)42-30(39)36(15-20-9-10-24(40-4)14-27(20)41-5)28-12-11-26-25(34-28)17-35(16-22-18-43-19-33-22)29(38)37(26)23-8-6-7-21(32)13-23/h6-14,18-19,25,34H,15-17H2,1-5H3. The van der Waals surface area contributed by atoms with Gasteiger partial charge >= 0.3 is 12.1 Å². The molecule has 2 aliphatic rings. The summed E-state index contributed by atoms with van der Waals surface area (Å²) in [5.41, 5.74) is 3.96. The minimum Gasteiger partial charge on any atom is -0.497 e. The van der Waals surface area contributed by atoms with Gasteiger partial charge in [-0.2, -0.15) is 0 Å².